The van der Waals surface area contributed by atoms with Gasteiger partial charge in [0, 0.05) is 13.1 Å². The lowest BCUT2D eigenvalue weighted by molar-refractivity contribution is -0.141. The zero-order valence-electron chi connectivity index (χ0n) is 9.71. The van der Waals surface area contributed by atoms with Crippen LogP contribution in [0.4, 0.5) is 4.79 Å². The molecule has 0 saturated carbocycles. The third kappa shape index (κ3) is 3.47. The van der Waals surface area contributed by atoms with Gasteiger partial charge in [0.25, 0.3) is 0 Å². The minimum absolute atomic E-state index is 0.180. The van der Waals surface area contributed by atoms with Crippen LogP contribution < -0.4 is 5.32 Å². The Kier molecular flexibility index (Phi) is 4.50. The Balaban J connectivity index is 2.49. The lowest BCUT2D eigenvalue weighted by Gasteiger charge is -2.23. The summed E-state index contributed by atoms with van der Waals surface area (Å²) in [6.45, 7) is 1.89. The van der Waals surface area contributed by atoms with Crippen LogP contribution in [-0.4, -0.2) is 40.3 Å². The number of urea groups is 1. The van der Waals surface area contributed by atoms with Gasteiger partial charge in [-0.15, -0.1) is 0 Å². The average molecular weight is 241 g/mol. The minimum Gasteiger partial charge on any atom is -0.480 e. The Labute approximate surface area is 98.4 Å². The quantitative estimate of drug-likeness (QED) is 0.790. The van der Waals surface area contributed by atoms with Crippen LogP contribution in [0.1, 0.15) is 19.1 Å². The molecule has 1 heterocycles. The van der Waals surface area contributed by atoms with Gasteiger partial charge in [0.2, 0.25) is 0 Å². The monoisotopic (exact) mass is 241 g/mol. The Morgan fingerprint density at radius 3 is 2.82 bits per heavy atom. The fraction of sp³-hybridized carbons (Fsp3) is 0.500. The molecule has 1 unspecified atom stereocenters. The first-order chi connectivity index (χ1) is 8.06. The standard InChI is InChI=1S/C10H15N3O4/c1-3-8(9(14)15)13(2)10(16)11-6-7-4-5-12-17-7/h4-5,8H,3,6H2,1-2H3,(H,11,16)(H,14,15). The molecule has 0 fully saturated rings. The van der Waals surface area contributed by atoms with Crippen LogP contribution in [0.25, 0.3) is 0 Å². The van der Waals surface area contributed by atoms with Crippen molar-refractivity contribution < 1.29 is 19.2 Å². The lowest BCUT2D eigenvalue weighted by atomic mass is 10.2. The first-order valence-electron chi connectivity index (χ1n) is 5.19. The van der Waals surface area contributed by atoms with Gasteiger partial charge in [0.05, 0.1) is 12.7 Å². The number of amides is 2. The maximum Gasteiger partial charge on any atom is 0.326 e. The summed E-state index contributed by atoms with van der Waals surface area (Å²) in [6, 6.07) is 0.329. The van der Waals surface area contributed by atoms with E-state index < -0.39 is 18.0 Å². The molecule has 2 N–H and O–H groups in total. The largest absolute Gasteiger partial charge is 0.480 e. The highest BCUT2D eigenvalue weighted by Gasteiger charge is 2.24. The van der Waals surface area contributed by atoms with E-state index in [1.165, 1.54) is 13.2 Å². The average Bonchev–Trinajstić information content (AvgIpc) is 2.78. The number of rotatable bonds is 5. The second-order valence-electron chi connectivity index (χ2n) is 3.51. The number of aromatic nitrogens is 1. The molecule has 1 aromatic rings. The summed E-state index contributed by atoms with van der Waals surface area (Å²) < 4.78 is 4.80. The molecule has 2 amide bonds. The van der Waals surface area contributed by atoms with E-state index in [0.717, 1.165) is 4.90 Å². The van der Waals surface area contributed by atoms with E-state index in [-0.39, 0.29) is 6.54 Å². The van der Waals surface area contributed by atoms with E-state index in [1.807, 2.05) is 0 Å². The predicted octanol–water partition coefficient (Wildman–Crippen LogP) is 0.679. The summed E-state index contributed by atoms with van der Waals surface area (Å²) in [4.78, 5) is 23.6. The molecular weight excluding hydrogens is 226 g/mol. The van der Waals surface area contributed by atoms with Crippen LogP contribution in [0, 0.1) is 0 Å². The Bertz CT molecular complexity index is 377. The van der Waals surface area contributed by atoms with E-state index in [2.05, 4.69) is 10.5 Å². The highest BCUT2D eigenvalue weighted by molar-refractivity contribution is 5.82. The minimum atomic E-state index is -1.02. The molecule has 0 aliphatic heterocycles. The molecule has 7 nitrogen and oxygen atoms in total. The molecule has 1 rings (SSSR count). The van der Waals surface area contributed by atoms with Gasteiger partial charge >= 0.3 is 12.0 Å². The molecule has 0 aliphatic carbocycles. The SMILES string of the molecule is CCC(C(=O)O)N(C)C(=O)NCc1ccno1. The molecule has 0 aromatic carbocycles. The number of carboxylic acids is 1. The number of carbonyl (C=O) groups excluding carboxylic acids is 1. The van der Waals surface area contributed by atoms with Crippen LogP contribution in [0.5, 0.6) is 0 Å². The van der Waals surface area contributed by atoms with Gasteiger partial charge in [-0.05, 0) is 6.42 Å². The van der Waals surface area contributed by atoms with Crippen molar-refractivity contribution in [1.29, 1.82) is 0 Å². The number of nitrogens with one attached hydrogen (secondary N) is 1. The molecule has 7 heteroatoms. The topological polar surface area (TPSA) is 95.7 Å². The molecule has 0 aliphatic rings. The summed E-state index contributed by atoms with van der Waals surface area (Å²) >= 11 is 0. The van der Waals surface area contributed by atoms with E-state index in [9.17, 15) is 9.59 Å². The fourth-order valence-electron chi connectivity index (χ4n) is 1.38. The van der Waals surface area contributed by atoms with Crippen LogP contribution in [-0.2, 0) is 11.3 Å². The molecule has 94 valence electrons. The highest BCUT2D eigenvalue weighted by atomic mass is 16.5. The van der Waals surface area contributed by atoms with Crippen LogP contribution >= 0.6 is 0 Å². The Morgan fingerprint density at radius 2 is 2.35 bits per heavy atom. The van der Waals surface area contributed by atoms with Crippen molar-refractivity contribution in [3.63, 3.8) is 0 Å². The first-order valence-corrected chi connectivity index (χ1v) is 5.19. The van der Waals surface area contributed by atoms with E-state index >= 15 is 0 Å². The summed E-state index contributed by atoms with van der Waals surface area (Å²) in [5.41, 5.74) is 0. The Hall–Kier alpha value is -2.05. The number of aliphatic carboxylic acids is 1. The maximum atomic E-state index is 11.6. The number of carboxylic acid groups (broad SMARTS) is 1. The molecule has 17 heavy (non-hydrogen) atoms. The van der Waals surface area contributed by atoms with Gasteiger partial charge in [-0.1, -0.05) is 12.1 Å². The van der Waals surface area contributed by atoms with Crippen molar-refractivity contribution in [3.8, 4) is 0 Å². The molecule has 1 atom stereocenters. The van der Waals surface area contributed by atoms with Crippen molar-refractivity contribution in [2.45, 2.75) is 25.9 Å². The maximum absolute atomic E-state index is 11.6. The lowest BCUT2D eigenvalue weighted by Crippen LogP contribution is -2.46. The zero-order valence-corrected chi connectivity index (χ0v) is 9.71. The fourth-order valence-corrected chi connectivity index (χ4v) is 1.38. The van der Waals surface area contributed by atoms with Crippen molar-refractivity contribution in [3.05, 3.63) is 18.0 Å². The second-order valence-corrected chi connectivity index (χ2v) is 3.51. The highest BCUT2D eigenvalue weighted by Crippen LogP contribution is 2.03. The third-order valence-corrected chi connectivity index (χ3v) is 2.36. The summed E-state index contributed by atoms with van der Waals surface area (Å²) in [5, 5.41) is 14.9. The van der Waals surface area contributed by atoms with E-state index in [1.54, 1.807) is 13.0 Å². The molecular formula is C10H15N3O4. The molecule has 0 radical (unpaired) electrons. The number of likely N-dealkylation sites (N-methyl/N-ethyl adjacent to an activating group) is 1. The van der Waals surface area contributed by atoms with Crippen LogP contribution in [0.15, 0.2) is 16.8 Å². The summed E-state index contributed by atoms with van der Waals surface area (Å²) in [5.74, 6) is -0.514. The summed E-state index contributed by atoms with van der Waals surface area (Å²) in [6.07, 6.45) is 1.82. The van der Waals surface area contributed by atoms with E-state index in [0.29, 0.717) is 12.2 Å². The van der Waals surface area contributed by atoms with Crippen molar-refractivity contribution in [2.75, 3.05) is 7.05 Å². The number of nitrogens with zero attached hydrogens (tertiary/aromatic N) is 2. The molecule has 0 bridgehead atoms. The van der Waals surface area contributed by atoms with Crippen molar-refractivity contribution >= 4 is 12.0 Å². The van der Waals surface area contributed by atoms with Gasteiger partial charge in [-0.25, -0.2) is 9.59 Å². The van der Waals surface area contributed by atoms with Gasteiger partial charge in [0.1, 0.15) is 6.04 Å². The van der Waals surface area contributed by atoms with Gasteiger partial charge < -0.3 is 19.8 Å². The van der Waals surface area contributed by atoms with Crippen molar-refractivity contribution in [1.82, 2.24) is 15.4 Å². The smallest absolute Gasteiger partial charge is 0.326 e. The normalized spacial score (nSPS) is 11.9. The van der Waals surface area contributed by atoms with Crippen molar-refractivity contribution in [2.24, 2.45) is 0 Å². The number of hydrogen-bond acceptors (Lipinski definition) is 4. The van der Waals surface area contributed by atoms with Crippen LogP contribution in [0.2, 0.25) is 0 Å². The molecule has 0 saturated heterocycles. The van der Waals surface area contributed by atoms with Gasteiger partial charge in [0.15, 0.2) is 5.76 Å². The Morgan fingerprint density at radius 1 is 1.65 bits per heavy atom. The second kappa shape index (κ2) is 5.88. The number of carbonyl (C=O) groups is 2. The first kappa shape index (κ1) is 13.0. The van der Waals surface area contributed by atoms with Crippen LogP contribution in [0.3, 0.4) is 0 Å². The van der Waals surface area contributed by atoms with E-state index in [4.69, 9.17) is 9.63 Å². The summed E-state index contributed by atoms with van der Waals surface area (Å²) in [7, 11) is 1.44. The molecule has 1 aromatic heterocycles. The third-order valence-electron chi connectivity index (χ3n) is 2.36. The number of hydrogen-bond donors (Lipinski definition) is 2. The van der Waals surface area contributed by atoms with Gasteiger partial charge in [-0.2, -0.15) is 0 Å². The zero-order chi connectivity index (χ0) is 12.8. The predicted molar refractivity (Wildman–Crippen MR) is 58.2 cm³/mol. The van der Waals surface area contributed by atoms with Gasteiger partial charge in [-0.3, -0.25) is 0 Å². The molecule has 0 spiro atoms.